The Morgan fingerprint density at radius 1 is 1.30 bits per heavy atom. The molecule has 1 radical (unpaired) electrons. The van der Waals surface area contributed by atoms with Gasteiger partial charge < -0.3 is 5.11 Å². The molecule has 0 saturated carbocycles. The minimum atomic E-state index is -1.45. The summed E-state index contributed by atoms with van der Waals surface area (Å²) in [5.74, 6) is 0. The van der Waals surface area contributed by atoms with Crippen molar-refractivity contribution < 1.29 is 20.0 Å². The van der Waals surface area contributed by atoms with Crippen molar-refractivity contribution in [2.75, 3.05) is 0 Å². The van der Waals surface area contributed by atoms with Gasteiger partial charge in [0.15, 0.2) is 0 Å². The van der Waals surface area contributed by atoms with E-state index in [0.717, 1.165) is 6.08 Å². The van der Waals surface area contributed by atoms with Crippen molar-refractivity contribution in [3.63, 3.8) is 0 Å². The van der Waals surface area contributed by atoms with Gasteiger partial charge in [0.1, 0.15) is 6.29 Å². The number of rotatable bonds is 4. The Bertz CT molecular complexity index is 139. The number of hydrogen-bond acceptors (Lipinski definition) is 3. The fourth-order valence-electron chi connectivity index (χ4n) is 0.301. The summed E-state index contributed by atoms with van der Waals surface area (Å²) in [6.07, 6.45) is 4.15. The van der Waals surface area contributed by atoms with Crippen molar-refractivity contribution in [2.45, 2.75) is 6.29 Å². The van der Waals surface area contributed by atoms with E-state index < -0.39 is 6.29 Å². The maximum Gasteiger partial charge on any atom is 0.211 e. The highest BCUT2D eigenvalue weighted by Gasteiger charge is 1.92. The number of hydrogen-bond donors (Lipinski definition) is 1. The van der Waals surface area contributed by atoms with Crippen molar-refractivity contribution >= 4 is 6.29 Å². The Morgan fingerprint density at radius 3 is 2.50 bits per heavy atom. The molecule has 0 aromatic carbocycles. The highest BCUT2D eigenvalue weighted by Crippen LogP contribution is 1.85. The second-order valence-corrected chi connectivity index (χ2v) is 1.39. The molecule has 0 aliphatic carbocycles. The molecule has 10 heavy (non-hydrogen) atoms. The molecule has 4 heteroatoms. The fraction of sp³-hybridized carbons (Fsp3) is 0.167. The maximum absolute atomic E-state index is 9.64. The third-order valence-corrected chi connectivity index (χ3v) is 0.675. The number of aliphatic hydroxyl groups excluding tert-OH is 1. The SMILES string of the molecule is [O]OC(O)/C=C/C=C/C=O. The van der Waals surface area contributed by atoms with Gasteiger partial charge in [-0.3, -0.25) is 4.79 Å². The molecule has 1 N–H and O–H groups in total. The number of carbonyl (C=O) groups is 1. The zero-order valence-electron chi connectivity index (χ0n) is 5.14. The first kappa shape index (κ1) is 9.03. The third-order valence-electron chi connectivity index (χ3n) is 0.675. The van der Waals surface area contributed by atoms with Crippen LogP contribution in [0, 0.1) is 0 Å². The summed E-state index contributed by atoms with van der Waals surface area (Å²) >= 11 is 0. The lowest BCUT2D eigenvalue weighted by atomic mass is 10.4. The molecule has 55 valence electrons. The van der Waals surface area contributed by atoms with Gasteiger partial charge in [-0.25, -0.2) is 0 Å². The summed E-state index contributed by atoms with van der Waals surface area (Å²) in [6, 6.07) is 0. The number of aldehydes is 1. The molecule has 0 aromatic rings. The largest absolute Gasteiger partial charge is 0.362 e. The first-order valence-corrected chi connectivity index (χ1v) is 2.56. The smallest absolute Gasteiger partial charge is 0.211 e. The van der Waals surface area contributed by atoms with Crippen LogP contribution in [0.4, 0.5) is 0 Å². The van der Waals surface area contributed by atoms with Gasteiger partial charge in [0.2, 0.25) is 6.29 Å². The zero-order valence-corrected chi connectivity index (χ0v) is 5.14. The molecule has 1 unspecified atom stereocenters. The van der Waals surface area contributed by atoms with E-state index in [0.29, 0.717) is 6.29 Å². The molecule has 0 aliphatic rings. The monoisotopic (exact) mass is 143 g/mol. The van der Waals surface area contributed by atoms with E-state index >= 15 is 0 Å². The van der Waals surface area contributed by atoms with Gasteiger partial charge in [0.05, 0.1) is 0 Å². The molecule has 0 fully saturated rings. The number of carbonyl (C=O) groups excluding carboxylic acids is 1. The van der Waals surface area contributed by atoms with Crippen LogP contribution in [0.25, 0.3) is 0 Å². The molecule has 0 rings (SSSR count). The predicted molar refractivity (Wildman–Crippen MR) is 32.1 cm³/mol. The van der Waals surface area contributed by atoms with Gasteiger partial charge >= 0.3 is 0 Å². The average molecular weight is 143 g/mol. The quantitative estimate of drug-likeness (QED) is 0.150. The molecular weight excluding hydrogens is 136 g/mol. The first-order chi connectivity index (χ1) is 4.81. The van der Waals surface area contributed by atoms with Crippen molar-refractivity contribution in [3.8, 4) is 0 Å². The van der Waals surface area contributed by atoms with Crippen molar-refractivity contribution in [1.29, 1.82) is 0 Å². The first-order valence-electron chi connectivity index (χ1n) is 2.56. The summed E-state index contributed by atoms with van der Waals surface area (Å²) in [7, 11) is 0. The Hall–Kier alpha value is -0.970. The lowest BCUT2D eigenvalue weighted by Gasteiger charge is -1.92. The summed E-state index contributed by atoms with van der Waals surface area (Å²) in [5.41, 5.74) is 0. The summed E-state index contributed by atoms with van der Waals surface area (Å²) in [5, 5.41) is 17.8. The van der Waals surface area contributed by atoms with Crippen LogP contribution in [0.2, 0.25) is 0 Å². The lowest BCUT2D eigenvalue weighted by Crippen LogP contribution is -2.02. The minimum absolute atomic E-state index is 0.578. The van der Waals surface area contributed by atoms with E-state index in [9.17, 15) is 10.1 Å². The van der Waals surface area contributed by atoms with E-state index in [1.54, 1.807) is 0 Å². The van der Waals surface area contributed by atoms with Gasteiger partial charge in [-0.05, 0) is 17.4 Å². The van der Waals surface area contributed by atoms with E-state index in [4.69, 9.17) is 5.11 Å². The normalized spacial score (nSPS) is 14.6. The molecule has 0 aromatic heterocycles. The van der Waals surface area contributed by atoms with Crippen LogP contribution in [0.1, 0.15) is 0 Å². The Labute approximate surface area is 58.0 Å². The minimum Gasteiger partial charge on any atom is -0.362 e. The highest BCUT2D eigenvalue weighted by atomic mass is 17.1. The second-order valence-electron chi connectivity index (χ2n) is 1.39. The van der Waals surface area contributed by atoms with E-state index in [-0.39, 0.29) is 0 Å². The Balaban J connectivity index is 3.54. The van der Waals surface area contributed by atoms with Crippen molar-refractivity contribution in [2.24, 2.45) is 0 Å². The van der Waals surface area contributed by atoms with Gasteiger partial charge in [-0.2, -0.15) is 4.89 Å². The second kappa shape index (κ2) is 6.15. The summed E-state index contributed by atoms with van der Waals surface area (Å²) < 4.78 is 0. The van der Waals surface area contributed by atoms with Gasteiger partial charge in [0.25, 0.3) is 0 Å². The van der Waals surface area contributed by atoms with E-state index in [2.05, 4.69) is 4.89 Å². The van der Waals surface area contributed by atoms with Crippen LogP contribution >= 0.6 is 0 Å². The molecule has 0 saturated heterocycles. The van der Waals surface area contributed by atoms with Gasteiger partial charge in [-0.1, -0.05) is 12.2 Å². The average Bonchev–Trinajstić information content (AvgIpc) is 1.98. The van der Waals surface area contributed by atoms with Crippen LogP contribution in [0.5, 0.6) is 0 Å². The summed E-state index contributed by atoms with van der Waals surface area (Å²) in [4.78, 5) is 12.9. The zero-order chi connectivity index (χ0) is 7.82. The fourth-order valence-corrected chi connectivity index (χ4v) is 0.301. The molecule has 1 atom stereocenters. The van der Waals surface area contributed by atoms with Crippen LogP contribution in [-0.4, -0.2) is 17.7 Å². The molecule has 0 heterocycles. The van der Waals surface area contributed by atoms with Crippen LogP contribution < -0.4 is 0 Å². The molecule has 4 nitrogen and oxygen atoms in total. The van der Waals surface area contributed by atoms with Crippen LogP contribution in [-0.2, 0) is 14.9 Å². The Morgan fingerprint density at radius 2 is 2.00 bits per heavy atom. The van der Waals surface area contributed by atoms with E-state index in [1.807, 2.05) is 0 Å². The molecule has 0 spiro atoms. The van der Waals surface area contributed by atoms with Gasteiger partial charge in [0, 0.05) is 0 Å². The van der Waals surface area contributed by atoms with Crippen LogP contribution in [0.3, 0.4) is 0 Å². The molecule has 0 aliphatic heterocycles. The standard InChI is InChI=1S/C6H7O4/c7-5-3-1-2-4-6(8)10-9/h1-6,8H/b3-1+,4-2+. The topological polar surface area (TPSA) is 66.4 Å². The van der Waals surface area contributed by atoms with Crippen LogP contribution in [0.15, 0.2) is 24.3 Å². The lowest BCUT2D eigenvalue weighted by molar-refractivity contribution is -0.366. The third kappa shape index (κ3) is 5.17. The molecular formula is C6H7O4. The molecule has 0 amide bonds. The van der Waals surface area contributed by atoms with Crippen molar-refractivity contribution in [1.82, 2.24) is 0 Å². The highest BCUT2D eigenvalue weighted by molar-refractivity contribution is 5.65. The number of allylic oxidation sites excluding steroid dienone is 3. The number of aliphatic hydroxyl groups is 1. The predicted octanol–water partition coefficient (Wildman–Crippen LogP) is -0.0218. The van der Waals surface area contributed by atoms with Gasteiger partial charge in [-0.15, -0.1) is 0 Å². The summed E-state index contributed by atoms with van der Waals surface area (Å²) in [6.45, 7) is 0. The Kier molecular flexibility index (Phi) is 5.56. The van der Waals surface area contributed by atoms with Crippen molar-refractivity contribution in [3.05, 3.63) is 24.3 Å². The van der Waals surface area contributed by atoms with E-state index in [1.165, 1.54) is 18.2 Å². The molecule has 0 bridgehead atoms. The maximum atomic E-state index is 9.64.